The van der Waals surface area contributed by atoms with E-state index in [-0.39, 0.29) is 17.6 Å². The zero-order valence-corrected chi connectivity index (χ0v) is 20.3. The normalized spacial score (nSPS) is 25.5. The van der Waals surface area contributed by atoms with Crippen molar-refractivity contribution in [2.75, 3.05) is 38.2 Å². The van der Waals surface area contributed by atoms with E-state index < -0.39 is 11.7 Å². The lowest BCUT2D eigenvalue weighted by Gasteiger charge is -2.28. The topological polar surface area (TPSA) is 68.1 Å². The third-order valence-corrected chi connectivity index (χ3v) is 8.04. The second kappa shape index (κ2) is 9.30. The fourth-order valence-corrected chi connectivity index (χ4v) is 6.32. The largest absolute Gasteiger partial charge is 0.420 e. The zero-order valence-electron chi connectivity index (χ0n) is 20.3. The maximum atomic E-state index is 14.0. The van der Waals surface area contributed by atoms with E-state index in [0.717, 1.165) is 75.5 Å². The molecule has 4 heterocycles. The lowest BCUT2D eigenvalue weighted by atomic mass is 10.00. The van der Waals surface area contributed by atoms with Crippen LogP contribution in [0.5, 0.6) is 0 Å². The van der Waals surface area contributed by atoms with Gasteiger partial charge in [-0.1, -0.05) is 6.07 Å². The summed E-state index contributed by atoms with van der Waals surface area (Å²) < 4.78 is 49.3. The first-order valence-corrected chi connectivity index (χ1v) is 12.8. The highest BCUT2D eigenvalue weighted by atomic mass is 19.4. The molecule has 3 aromatic rings. The van der Waals surface area contributed by atoms with Crippen LogP contribution >= 0.6 is 0 Å². The van der Waals surface area contributed by atoms with Crippen LogP contribution in [-0.4, -0.2) is 63.8 Å². The third-order valence-electron chi connectivity index (χ3n) is 8.04. The van der Waals surface area contributed by atoms with Crippen LogP contribution in [-0.2, 0) is 18.0 Å². The summed E-state index contributed by atoms with van der Waals surface area (Å²) >= 11 is 0. The van der Waals surface area contributed by atoms with Crippen LogP contribution in [0.2, 0.25) is 0 Å². The molecule has 1 N–H and O–H groups in total. The first-order chi connectivity index (χ1) is 17.3. The highest BCUT2D eigenvalue weighted by Gasteiger charge is 2.43. The number of fused-ring (bicyclic) bond motifs is 2. The van der Waals surface area contributed by atoms with E-state index in [0.29, 0.717) is 23.3 Å². The molecule has 1 aliphatic carbocycles. The van der Waals surface area contributed by atoms with Crippen molar-refractivity contribution in [2.24, 2.45) is 24.8 Å². The van der Waals surface area contributed by atoms with Crippen molar-refractivity contribution in [3.8, 4) is 11.3 Å². The van der Waals surface area contributed by atoms with Gasteiger partial charge >= 0.3 is 6.18 Å². The monoisotopic (exact) mass is 500 g/mol. The number of hydrogen-bond acceptors (Lipinski definition) is 6. The maximum absolute atomic E-state index is 14.0. The van der Waals surface area contributed by atoms with E-state index in [1.807, 2.05) is 13.2 Å². The van der Waals surface area contributed by atoms with Crippen molar-refractivity contribution >= 4 is 16.7 Å². The van der Waals surface area contributed by atoms with Crippen molar-refractivity contribution < 1.29 is 17.9 Å². The summed E-state index contributed by atoms with van der Waals surface area (Å²) in [7, 11) is 1.81. The average Bonchev–Trinajstić information content (AvgIpc) is 3.50. The van der Waals surface area contributed by atoms with Gasteiger partial charge in [0.05, 0.1) is 11.2 Å². The van der Waals surface area contributed by atoms with E-state index >= 15 is 0 Å². The molecule has 0 amide bonds. The molecule has 1 saturated carbocycles. The fourth-order valence-electron chi connectivity index (χ4n) is 6.32. The number of ether oxygens (including phenoxy) is 1. The summed E-state index contributed by atoms with van der Waals surface area (Å²) in [6.07, 6.45) is 1.29. The Bertz CT molecular complexity index is 1220. The minimum Gasteiger partial charge on any atom is -0.381 e. The van der Waals surface area contributed by atoms with Crippen LogP contribution in [0.4, 0.5) is 19.0 Å². The molecule has 2 aromatic heterocycles. The number of aromatic nitrogens is 4. The summed E-state index contributed by atoms with van der Waals surface area (Å²) in [4.78, 5) is 2.55. The summed E-state index contributed by atoms with van der Waals surface area (Å²) in [6.45, 7) is 4.90. The van der Waals surface area contributed by atoms with Gasteiger partial charge in [0.25, 0.3) is 0 Å². The van der Waals surface area contributed by atoms with E-state index in [2.05, 4.69) is 25.5 Å². The molecule has 0 radical (unpaired) electrons. The smallest absolute Gasteiger partial charge is 0.381 e. The van der Waals surface area contributed by atoms with Crippen molar-refractivity contribution in [3.63, 3.8) is 0 Å². The van der Waals surface area contributed by atoms with E-state index in [4.69, 9.17) is 4.74 Å². The molecular formula is C26H31F3N6O. The third kappa shape index (κ3) is 4.80. The number of anilines is 1. The standard InChI is InChI=1S/C26H31F3N6O/c1-34-13-20-8-17(2-3-23(20)33-34)24-11-22(26(27,28)29)25(32-31-24)30-21-9-18-14-35(15-19(18)10-21)12-16-4-6-36-7-5-16/h2-3,8,11,13,16,18-19,21H,4-7,9-10,12,14-15H2,1H3,(H,30,32)/t18-,19+,21+. The van der Waals surface area contributed by atoms with Crippen molar-refractivity contribution in [2.45, 2.75) is 37.9 Å². The SMILES string of the molecule is Cn1cc2cc(-c3cc(C(F)(F)F)c(N[C@H]4C[C@@H]5CN(CC6CCOCC6)C[C@@H]5C4)nn3)ccc2n1. The van der Waals surface area contributed by atoms with Crippen LogP contribution in [0.1, 0.15) is 31.2 Å². The average molecular weight is 501 g/mol. The predicted octanol–water partition coefficient (Wildman–Crippen LogP) is 4.60. The number of benzene rings is 1. The Labute approximate surface area is 208 Å². The Morgan fingerprint density at radius 3 is 2.53 bits per heavy atom. The molecule has 7 nitrogen and oxygen atoms in total. The summed E-state index contributed by atoms with van der Waals surface area (Å²) in [5.41, 5.74) is 0.796. The van der Waals surface area contributed by atoms with E-state index in [9.17, 15) is 13.2 Å². The molecule has 0 unspecified atom stereocenters. The molecule has 0 bridgehead atoms. The number of aryl methyl sites for hydroxylation is 1. The van der Waals surface area contributed by atoms with Crippen molar-refractivity contribution in [3.05, 3.63) is 36.0 Å². The predicted molar refractivity (Wildman–Crippen MR) is 130 cm³/mol. The van der Waals surface area contributed by atoms with Gasteiger partial charge in [0, 0.05) is 63.1 Å². The number of rotatable bonds is 5. The molecule has 2 saturated heterocycles. The van der Waals surface area contributed by atoms with Gasteiger partial charge in [-0.15, -0.1) is 10.2 Å². The summed E-state index contributed by atoms with van der Waals surface area (Å²) in [5.74, 6) is 1.58. The molecule has 3 fully saturated rings. The number of alkyl halides is 3. The second-order valence-electron chi connectivity index (χ2n) is 10.7. The molecule has 1 aromatic carbocycles. The van der Waals surface area contributed by atoms with Gasteiger partial charge in [0.1, 0.15) is 5.56 Å². The van der Waals surface area contributed by atoms with Gasteiger partial charge in [-0.2, -0.15) is 18.3 Å². The quantitative estimate of drug-likeness (QED) is 0.553. The van der Waals surface area contributed by atoms with Gasteiger partial charge in [0.2, 0.25) is 0 Å². The van der Waals surface area contributed by atoms with Crippen LogP contribution in [0.3, 0.4) is 0 Å². The Morgan fingerprint density at radius 2 is 1.81 bits per heavy atom. The molecule has 192 valence electrons. The molecule has 2 aliphatic heterocycles. The fraction of sp³-hybridized carbons (Fsp3) is 0.577. The van der Waals surface area contributed by atoms with Gasteiger partial charge < -0.3 is 15.0 Å². The van der Waals surface area contributed by atoms with Gasteiger partial charge in [-0.25, -0.2) is 0 Å². The van der Waals surface area contributed by atoms with Crippen LogP contribution in [0, 0.1) is 17.8 Å². The number of hydrogen-bond donors (Lipinski definition) is 1. The summed E-state index contributed by atoms with van der Waals surface area (Å²) in [5, 5.41) is 16.5. The molecule has 6 rings (SSSR count). The van der Waals surface area contributed by atoms with Crippen LogP contribution in [0.15, 0.2) is 30.5 Å². The molecule has 3 atom stereocenters. The highest BCUT2D eigenvalue weighted by Crippen LogP contribution is 2.42. The number of halogens is 3. The zero-order chi connectivity index (χ0) is 24.9. The van der Waals surface area contributed by atoms with Gasteiger partial charge in [0.15, 0.2) is 5.82 Å². The minimum atomic E-state index is -4.53. The first-order valence-electron chi connectivity index (χ1n) is 12.8. The van der Waals surface area contributed by atoms with Gasteiger partial charge in [-0.05, 0) is 61.6 Å². The molecule has 3 aliphatic rings. The van der Waals surface area contributed by atoms with Crippen molar-refractivity contribution in [1.82, 2.24) is 24.9 Å². The molecular weight excluding hydrogens is 469 g/mol. The number of nitrogens with zero attached hydrogens (tertiary/aromatic N) is 5. The molecule has 36 heavy (non-hydrogen) atoms. The Morgan fingerprint density at radius 1 is 1.06 bits per heavy atom. The second-order valence-corrected chi connectivity index (χ2v) is 10.7. The van der Waals surface area contributed by atoms with E-state index in [1.165, 1.54) is 0 Å². The molecule has 0 spiro atoms. The Balaban J connectivity index is 1.15. The minimum absolute atomic E-state index is 0.0155. The van der Waals surface area contributed by atoms with E-state index in [1.54, 1.807) is 22.9 Å². The van der Waals surface area contributed by atoms with Crippen LogP contribution < -0.4 is 5.32 Å². The lowest BCUT2D eigenvalue weighted by molar-refractivity contribution is -0.137. The number of nitrogens with one attached hydrogen (secondary N) is 1. The van der Waals surface area contributed by atoms with Crippen LogP contribution in [0.25, 0.3) is 22.2 Å². The lowest BCUT2D eigenvalue weighted by Crippen LogP contribution is -2.32. The Hall–Kier alpha value is -2.72. The number of likely N-dealkylation sites (tertiary alicyclic amines) is 1. The van der Waals surface area contributed by atoms with Gasteiger partial charge in [-0.3, -0.25) is 4.68 Å². The first kappa shape index (κ1) is 23.7. The Kier molecular flexibility index (Phi) is 6.11. The maximum Gasteiger partial charge on any atom is 0.420 e. The van der Waals surface area contributed by atoms with Crippen molar-refractivity contribution in [1.29, 1.82) is 0 Å². The molecule has 10 heteroatoms. The highest BCUT2D eigenvalue weighted by molar-refractivity contribution is 5.83. The summed E-state index contributed by atoms with van der Waals surface area (Å²) in [6, 6.07) is 6.41.